The highest BCUT2D eigenvalue weighted by Crippen LogP contribution is 2.04. The lowest BCUT2D eigenvalue weighted by atomic mass is 10.6. The van der Waals surface area contributed by atoms with Crippen molar-refractivity contribution in [3.63, 3.8) is 0 Å². The fourth-order valence-electron chi connectivity index (χ4n) is 1.14. The van der Waals surface area contributed by atoms with Crippen molar-refractivity contribution in [2.24, 2.45) is 0 Å². The molecule has 1 rings (SSSR count). The van der Waals surface area contributed by atoms with Crippen LogP contribution in [0, 0.1) is 0 Å². The van der Waals surface area contributed by atoms with Crippen LogP contribution in [0.15, 0.2) is 4.42 Å². The van der Waals surface area contributed by atoms with Gasteiger partial charge in [0.15, 0.2) is 0 Å². The molecule has 0 fully saturated rings. The molecule has 0 aromatic carbocycles. The zero-order valence-corrected chi connectivity index (χ0v) is 10.4. The molecular formula is C10H20N4O3. The van der Waals surface area contributed by atoms with Gasteiger partial charge in [0, 0.05) is 26.8 Å². The molecule has 0 aliphatic rings. The standard InChI is InChI=1S/C10H20N4O3/c1-3-16-7-5-12-10-14-13-9(17-10)8-11-4-6-15-2/h11H,3-8H2,1-2H3,(H,12,14). The van der Waals surface area contributed by atoms with E-state index < -0.39 is 0 Å². The highest BCUT2D eigenvalue weighted by molar-refractivity contribution is 5.16. The molecular weight excluding hydrogens is 224 g/mol. The van der Waals surface area contributed by atoms with Crippen LogP contribution in [0.1, 0.15) is 12.8 Å². The molecule has 0 bridgehead atoms. The third-order valence-corrected chi connectivity index (χ3v) is 1.95. The van der Waals surface area contributed by atoms with E-state index >= 15 is 0 Å². The minimum atomic E-state index is 0.424. The Bertz CT molecular complexity index is 266. The fraction of sp³-hybridized carbons (Fsp3) is 0.800. The fourth-order valence-corrected chi connectivity index (χ4v) is 1.14. The topological polar surface area (TPSA) is 81.4 Å². The van der Waals surface area contributed by atoms with Crippen LogP contribution < -0.4 is 10.6 Å². The minimum Gasteiger partial charge on any atom is -0.407 e. The third kappa shape index (κ3) is 6.20. The van der Waals surface area contributed by atoms with Crippen LogP contribution in [-0.4, -0.2) is 50.2 Å². The van der Waals surface area contributed by atoms with Gasteiger partial charge in [-0.25, -0.2) is 0 Å². The van der Waals surface area contributed by atoms with E-state index in [1.54, 1.807) is 7.11 Å². The molecule has 0 spiro atoms. The molecule has 7 nitrogen and oxygen atoms in total. The molecule has 1 aromatic heterocycles. The van der Waals surface area contributed by atoms with Gasteiger partial charge in [-0.2, -0.15) is 0 Å². The van der Waals surface area contributed by atoms with Crippen LogP contribution in [0.4, 0.5) is 6.01 Å². The molecule has 1 heterocycles. The molecule has 98 valence electrons. The van der Waals surface area contributed by atoms with Gasteiger partial charge >= 0.3 is 6.01 Å². The summed E-state index contributed by atoms with van der Waals surface area (Å²) in [6.45, 7) is 5.91. The molecule has 0 aliphatic carbocycles. The van der Waals surface area contributed by atoms with Gasteiger partial charge < -0.3 is 24.5 Å². The van der Waals surface area contributed by atoms with Crippen molar-refractivity contribution in [2.45, 2.75) is 13.5 Å². The van der Waals surface area contributed by atoms with Gasteiger partial charge in [-0.3, -0.25) is 0 Å². The van der Waals surface area contributed by atoms with E-state index in [9.17, 15) is 0 Å². The quantitative estimate of drug-likeness (QED) is 0.571. The molecule has 7 heteroatoms. The van der Waals surface area contributed by atoms with E-state index in [1.807, 2.05) is 6.92 Å². The first-order valence-electron chi connectivity index (χ1n) is 5.70. The first-order chi connectivity index (χ1) is 8.36. The summed E-state index contributed by atoms with van der Waals surface area (Å²) in [6, 6.07) is 0.424. The number of hydrogen-bond acceptors (Lipinski definition) is 7. The third-order valence-electron chi connectivity index (χ3n) is 1.95. The minimum absolute atomic E-state index is 0.424. The maximum absolute atomic E-state index is 5.35. The Balaban J connectivity index is 2.14. The van der Waals surface area contributed by atoms with E-state index in [4.69, 9.17) is 13.9 Å². The first-order valence-corrected chi connectivity index (χ1v) is 5.70. The maximum Gasteiger partial charge on any atom is 0.315 e. The summed E-state index contributed by atoms with van der Waals surface area (Å²) in [5.74, 6) is 0.556. The normalized spacial score (nSPS) is 10.7. The summed E-state index contributed by atoms with van der Waals surface area (Å²) in [4.78, 5) is 0. The average molecular weight is 244 g/mol. The van der Waals surface area contributed by atoms with Gasteiger partial charge in [-0.1, -0.05) is 5.10 Å². The van der Waals surface area contributed by atoms with Crippen molar-refractivity contribution in [2.75, 3.05) is 45.3 Å². The highest BCUT2D eigenvalue weighted by Gasteiger charge is 2.04. The van der Waals surface area contributed by atoms with E-state index in [2.05, 4.69) is 20.8 Å². The van der Waals surface area contributed by atoms with Crippen molar-refractivity contribution < 1.29 is 13.9 Å². The Kier molecular flexibility index (Phi) is 7.28. The molecule has 0 atom stereocenters. The van der Waals surface area contributed by atoms with Crippen LogP contribution in [0.2, 0.25) is 0 Å². The molecule has 17 heavy (non-hydrogen) atoms. The lowest BCUT2D eigenvalue weighted by Gasteiger charge is -2.01. The van der Waals surface area contributed by atoms with Gasteiger partial charge in [0.05, 0.1) is 19.8 Å². The van der Waals surface area contributed by atoms with Gasteiger partial charge in [0.2, 0.25) is 5.89 Å². The maximum atomic E-state index is 5.35. The number of ether oxygens (including phenoxy) is 2. The number of rotatable bonds is 10. The zero-order chi connectivity index (χ0) is 12.3. The molecule has 0 radical (unpaired) electrons. The van der Waals surface area contributed by atoms with Crippen LogP contribution in [0.25, 0.3) is 0 Å². The van der Waals surface area contributed by atoms with Crippen molar-refractivity contribution in [1.29, 1.82) is 0 Å². The summed E-state index contributed by atoms with van der Waals surface area (Å²) in [5.41, 5.74) is 0. The van der Waals surface area contributed by atoms with Crippen LogP contribution in [0.5, 0.6) is 0 Å². The number of aromatic nitrogens is 2. The summed E-state index contributed by atoms with van der Waals surface area (Å²) >= 11 is 0. The number of hydrogen-bond donors (Lipinski definition) is 2. The van der Waals surface area contributed by atoms with E-state index in [0.29, 0.717) is 44.8 Å². The molecule has 0 saturated heterocycles. The van der Waals surface area contributed by atoms with Crippen molar-refractivity contribution >= 4 is 6.01 Å². The molecule has 0 unspecified atom stereocenters. The van der Waals surface area contributed by atoms with Crippen LogP contribution >= 0.6 is 0 Å². The highest BCUT2D eigenvalue weighted by atomic mass is 16.5. The molecule has 0 saturated carbocycles. The Morgan fingerprint density at radius 2 is 2.12 bits per heavy atom. The average Bonchev–Trinajstić information content (AvgIpc) is 2.78. The lowest BCUT2D eigenvalue weighted by Crippen LogP contribution is -2.18. The number of anilines is 1. The van der Waals surface area contributed by atoms with Gasteiger partial charge in [-0.05, 0) is 6.92 Å². The Morgan fingerprint density at radius 1 is 1.24 bits per heavy atom. The molecule has 2 N–H and O–H groups in total. The Labute approximate surface area is 101 Å². The Hall–Kier alpha value is -1.18. The first kappa shape index (κ1) is 13.9. The van der Waals surface area contributed by atoms with E-state index in [-0.39, 0.29) is 0 Å². The molecule has 0 amide bonds. The summed E-state index contributed by atoms with van der Waals surface area (Å²) in [7, 11) is 1.66. The summed E-state index contributed by atoms with van der Waals surface area (Å²) in [6.07, 6.45) is 0. The predicted molar refractivity (Wildman–Crippen MR) is 62.9 cm³/mol. The second-order valence-electron chi connectivity index (χ2n) is 3.29. The van der Waals surface area contributed by atoms with E-state index in [1.165, 1.54) is 0 Å². The van der Waals surface area contributed by atoms with Crippen LogP contribution in [0.3, 0.4) is 0 Å². The largest absolute Gasteiger partial charge is 0.407 e. The predicted octanol–water partition coefficient (Wildman–Crippen LogP) is 0.254. The second kappa shape index (κ2) is 8.91. The SMILES string of the molecule is CCOCCNc1nnc(CNCCOC)o1. The number of methoxy groups -OCH3 is 1. The number of nitrogens with one attached hydrogen (secondary N) is 2. The van der Waals surface area contributed by atoms with E-state index in [0.717, 1.165) is 6.54 Å². The summed E-state index contributed by atoms with van der Waals surface area (Å²) in [5, 5.41) is 13.8. The van der Waals surface area contributed by atoms with Crippen molar-refractivity contribution in [1.82, 2.24) is 15.5 Å². The second-order valence-corrected chi connectivity index (χ2v) is 3.29. The Morgan fingerprint density at radius 3 is 2.88 bits per heavy atom. The lowest BCUT2D eigenvalue weighted by molar-refractivity contribution is 0.157. The molecule has 0 aliphatic heterocycles. The van der Waals surface area contributed by atoms with Gasteiger partial charge in [-0.15, -0.1) is 5.10 Å². The van der Waals surface area contributed by atoms with Gasteiger partial charge in [0.1, 0.15) is 0 Å². The van der Waals surface area contributed by atoms with Gasteiger partial charge in [0.25, 0.3) is 0 Å². The van der Waals surface area contributed by atoms with Crippen molar-refractivity contribution in [3.05, 3.63) is 5.89 Å². The van der Waals surface area contributed by atoms with Crippen molar-refractivity contribution in [3.8, 4) is 0 Å². The smallest absolute Gasteiger partial charge is 0.315 e. The van der Waals surface area contributed by atoms with Crippen LogP contribution in [-0.2, 0) is 16.0 Å². The zero-order valence-electron chi connectivity index (χ0n) is 10.4. The monoisotopic (exact) mass is 244 g/mol. The number of nitrogens with zero attached hydrogens (tertiary/aromatic N) is 2. The molecule has 1 aromatic rings. The summed E-state index contributed by atoms with van der Waals surface area (Å²) < 4.78 is 15.4.